The van der Waals surface area contributed by atoms with Gasteiger partial charge in [-0.25, -0.2) is 14.4 Å². The molecule has 0 radical (unpaired) electrons. The Bertz CT molecular complexity index is 1960. The van der Waals surface area contributed by atoms with Crippen LogP contribution in [0.2, 0.25) is 0 Å². The zero-order chi connectivity index (χ0) is 35.3. The van der Waals surface area contributed by atoms with E-state index in [0.29, 0.717) is 11.1 Å². The maximum Gasteiger partial charge on any atom is 0.407 e. The monoisotopic (exact) mass is 699 g/mol. The van der Waals surface area contributed by atoms with Gasteiger partial charge in [0.2, 0.25) is 0 Å². The van der Waals surface area contributed by atoms with Crippen molar-refractivity contribution in [3.05, 3.63) is 161 Å². The lowest BCUT2D eigenvalue weighted by Gasteiger charge is -2.44. The molecule has 258 valence electrons. The van der Waals surface area contributed by atoms with Crippen molar-refractivity contribution in [2.75, 3.05) is 6.61 Å². The third-order valence-corrected chi connectivity index (χ3v) is 10.4. The number of aryl methyl sites for hydroxylation is 1. The number of fused-ring (bicyclic) bond motifs is 3. The summed E-state index contributed by atoms with van der Waals surface area (Å²) in [4.78, 5) is 41.8. The summed E-state index contributed by atoms with van der Waals surface area (Å²) in [7, 11) is 0. The number of amides is 1. The minimum absolute atomic E-state index is 0.0725. The first kappa shape index (κ1) is 34.1. The van der Waals surface area contributed by atoms with Gasteiger partial charge in [0.05, 0.1) is 17.2 Å². The van der Waals surface area contributed by atoms with Crippen molar-refractivity contribution in [1.82, 2.24) is 5.32 Å². The average Bonchev–Trinajstić information content (AvgIpc) is 3.48. The fourth-order valence-electron chi connectivity index (χ4n) is 6.63. The first-order chi connectivity index (χ1) is 24.9. The molecule has 7 rings (SSSR count). The largest absolute Gasteiger partial charge is 0.454 e. The molecule has 8 nitrogen and oxygen atoms in total. The molecule has 51 heavy (non-hydrogen) atoms. The summed E-state index contributed by atoms with van der Waals surface area (Å²) in [5.41, 5.74) is 5.34. The molecule has 0 bridgehead atoms. The second-order valence-corrected chi connectivity index (χ2v) is 13.8. The van der Waals surface area contributed by atoms with Crippen LogP contribution in [-0.2, 0) is 18.9 Å². The molecule has 1 saturated heterocycles. The summed E-state index contributed by atoms with van der Waals surface area (Å²) in [5.74, 6) is -1.38. The van der Waals surface area contributed by atoms with E-state index in [1.54, 1.807) is 67.6 Å². The van der Waals surface area contributed by atoms with E-state index in [2.05, 4.69) is 17.4 Å². The SMILES string of the molecule is Cc1ccc(S[C@@H]2O[C@H](C)[C@@H](OC(=O)c3ccccc3)[C@H](NC(=O)OCC3c4ccccc4-c4ccccc43)[C@H]2OC(=O)c2ccccc2)cc1. The number of nitrogens with one attached hydrogen (secondary N) is 1. The second kappa shape index (κ2) is 15.2. The fraction of sp³-hybridized carbons (Fsp3) is 0.214. The van der Waals surface area contributed by atoms with Crippen molar-refractivity contribution < 1.29 is 33.3 Å². The summed E-state index contributed by atoms with van der Waals surface area (Å²) < 4.78 is 24.7. The van der Waals surface area contributed by atoms with Gasteiger partial charge in [0.1, 0.15) is 18.1 Å². The van der Waals surface area contributed by atoms with E-state index in [1.807, 2.05) is 67.6 Å². The lowest BCUT2D eigenvalue weighted by Crippen LogP contribution is -2.64. The van der Waals surface area contributed by atoms with E-state index >= 15 is 0 Å². The van der Waals surface area contributed by atoms with Crippen LogP contribution >= 0.6 is 11.8 Å². The molecular weight excluding hydrogens is 663 g/mol. The van der Waals surface area contributed by atoms with Gasteiger partial charge in [0, 0.05) is 10.8 Å². The van der Waals surface area contributed by atoms with Crippen LogP contribution in [0.4, 0.5) is 4.79 Å². The average molecular weight is 700 g/mol. The van der Waals surface area contributed by atoms with Crippen molar-refractivity contribution in [3.63, 3.8) is 0 Å². The third-order valence-electron chi connectivity index (χ3n) is 9.19. The predicted molar refractivity (Wildman–Crippen MR) is 195 cm³/mol. The van der Waals surface area contributed by atoms with Crippen LogP contribution in [0.15, 0.2) is 138 Å². The number of esters is 2. The normalized spacial score (nSPS) is 20.8. The second-order valence-electron chi connectivity index (χ2n) is 12.6. The van der Waals surface area contributed by atoms with Gasteiger partial charge in [-0.2, -0.15) is 0 Å². The predicted octanol–water partition coefficient (Wildman–Crippen LogP) is 8.19. The van der Waals surface area contributed by atoms with E-state index in [-0.39, 0.29) is 12.5 Å². The highest BCUT2D eigenvalue weighted by Crippen LogP contribution is 2.44. The number of alkyl carbamates (subject to hydrolysis) is 1. The van der Waals surface area contributed by atoms with E-state index in [1.165, 1.54) is 11.8 Å². The number of benzene rings is 5. The van der Waals surface area contributed by atoms with Gasteiger partial charge in [0.25, 0.3) is 0 Å². The van der Waals surface area contributed by atoms with E-state index in [9.17, 15) is 14.4 Å². The molecule has 1 N–H and O–H groups in total. The van der Waals surface area contributed by atoms with Gasteiger partial charge in [-0.3, -0.25) is 0 Å². The Labute approximate surface area is 301 Å². The van der Waals surface area contributed by atoms with Gasteiger partial charge in [-0.1, -0.05) is 114 Å². The molecule has 0 aromatic heterocycles. The van der Waals surface area contributed by atoms with E-state index < -0.39 is 47.8 Å². The standard InChI is InChI=1S/C42H37NO7S/c1-26-21-23-30(24-22-26)51-41-38(50-40(45)29-15-7-4-8-16-29)36(37(27(2)48-41)49-39(44)28-13-5-3-6-14-28)43-42(46)47-25-35-33-19-11-9-17-31(33)32-18-10-12-20-34(32)35/h3-24,27,35-38,41H,25H2,1-2H3,(H,43,46)/t27-,36+,37-,38-,41+/m1/s1. The van der Waals surface area contributed by atoms with Crippen LogP contribution in [-0.4, -0.2) is 54.4 Å². The topological polar surface area (TPSA) is 100 Å². The van der Waals surface area contributed by atoms with Crippen molar-refractivity contribution in [3.8, 4) is 11.1 Å². The number of hydrogen-bond donors (Lipinski definition) is 1. The Kier molecular flexibility index (Phi) is 10.2. The molecular formula is C42H37NO7S. The van der Waals surface area contributed by atoms with Crippen LogP contribution < -0.4 is 5.32 Å². The lowest BCUT2D eigenvalue weighted by molar-refractivity contribution is -0.152. The minimum atomic E-state index is -1.09. The molecule has 0 unspecified atom stereocenters. The first-order valence-electron chi connectivity index (χ1n) is 16.9. The molecule has 1 amide bonds. The molecule has 9 heteroatoms. The minimum Gasteiger partial charge on any atom is -0.454 e. The first-order valence-corrected chi connectivity index (χ1v) is 17.8. The van der Waals surface area contributed by atoms with Gasteiger partial charge in [-0.15, -0.1) is 0 Å². The van der Waals surface area contributed by atoms with Gasteiger partial charge < -0.3 is 24.3 Å². The number of ether oxygens (including phenoxy) is 4. The van der Waals surface area contributed by atoms with E-state index in [0.717, 1.165) is 32.7 Å². The Morgan fingerprint density at radius 1 is 0.667 bits per heavy atom. The van der Waals surface area contributed by atoms with Crippen LogP contribution in [0, 0.1) is 6.92 Å². The Morgan fingerprint density at radius 3 is 1.75 bits per heavy atom. The summed E-state index contributed by atoms with van der Waals surface area (Å²) >= 11 is 1.36. The zero-order valence-electron chi connectivity index (χ0n) is 28.1. The summed E-state index contributed by atoms with van der Waals surface area (Å²) in [6, 6.07) is 40.2. The molecule has 5 aromatic carbocycles. The molecule has 5 aromatic rings. The van der Waals surface area contributed by atoms with Crippen molar-refractivity contribution in [1.29, 1.82) is 0 Å². The smallest absolute Gasteiger partial charge is 0.407 e. The highest BCUT2D eigenvalue weighted by Gasteiger charge is 2.50. The Balaban J connectivity index is 1.19. The summed E-state index contributed by atoms with van der Waals surface area (Å²) in [6.45, 7) is 3.84. The highest BCUT2D eigenvalue weighted by molar-refractivity contribution is 7.99. The summed E-state index contributed by atoms with van der Waals surface area (Å²) in [6.07, 6.45) is -3.57. The molecule has 0 saturated carbocycles. The highest BCUT2D eigenvalue weighted by atomic mass is 32.2. The number of carbonyl (C=O) groups is 3. The van der Waals surface area contributed by atoms with Gasteiger partial charge in [0.15, 0.2) is 12.2 Å². The molecule has 2 aliphatic rings. The fourth-order valence-corrected chi connectivity index (χ4v) is 7.78. The van der Waals surface area contributed by atoms with E-state index in [4.69, 9.17) is 18.9 Å². The van der Waals surface area contributed by atoms with Crippen molar-refractivity contribution >= 4 is 29.8 Å². The third kappa shape index (κ3) is 7.55. The van der Waals surface area contributed by atoms with Gasteiger partial charge >= 0.3 is 18.0 Å². The Hall–Kier alpha value is -5.38. The van der Waals surface area contributed by atoms with Crippen LogP contribution in [0.1, 0.15) is 50.2 Å². The lowest BCUT2D eigenvalue weighted by atomic mass is 9.97. The molecule has 0 spiro atoms. The van der Waals surface area contributed by atoms with Crippen LogP contribution in [0.5, 0.6) is 0 Å². The van der Waals surface area contributed by atoms with Crippen LogP contribution in [0.3, 0.4) is 0 Å². The summed E-state index contributed by atoms with van der Waals surface area (Å²) in [5, 5.41) is 2.95. The maximum atomic E-state index is 13.8. The quantitative estimate of drug-likeness (QED) is 0.122. The molecule has 1 aliphatic carbocycles. The molecule has 1 fully saturated rings. The molecule has 1 heterocycles. The molecule has 1 aliphatic heterocycles. The molecule has 5 atom stereocenters. The van der Waals surface area contributed by atoms with Crippen molar-refractivity contribution in [2.45, 2.75) is 54.5 Å². The number of carbonyl (C=O) groups excluding carboxylic acids is 3. The Morgan fingerprint density at radius 2 is 1.18 bits per heavy atom. The number of rotatable bonds is 9. The number of thioether (sulfide) groups is 1. The number of hydrogen-bond acceptors (Lipinski definition) is 8. The van der Waals surface area contributed by atoms with Crippen LogP contribution in [0.25, 0.3) is 11.1 Å². The van der Waals surface area contributed by atoms with Gasteiger partial charge in [-0.05, 0) is 72.5 Å². The maximum absolute atomic E-state index is 13.8. The zero-order valence-corrected chi connectivity index (χ0v) is 29.0. The van der Waals surface area contributed by atoms with Crippen molar-refractivity contribution in [2.24, 2.45) is 0 Å².